The molecule has 0 saturated heterocycles. The number of rotatable bonds is 10. The number of fused-ring (bicyclic) bond motifs is 1. The van der Waals surface area contributed by atoms with Gasteiger partial charge >= 0.3 is 0 Å². The third-order valence-electron chi connectivity index (χ3n) is 8.75. The molecule has 1 aromatic heterocycles. The van der Waals surface area contributed by atoms with Gasteiger partial charge in [-0.15, -0.1) is 0 Å². The molecule has 0 aliphatic carbocycles. The molecule has 4 atom stereocenters. The number of sulfonamides is 2. The van der Waals surface area contributed by atoms with E-state index < -0.39 is 44.0 Å². The molecule has 1 aliphatic rings. The van der Waals surface area contributed by atoms with Gasteiger partial charge in [-0.25, -0.2) is 16.8 Å². The molecule has 2 aromatic carbocycles. The van der Waals surface area contributed by atoms with E-state index >= 15 is 0 Å². The van der Waals surface area contributed by atoms with E-state index in [-0.39, 0.29) is 64.0 Å². The smallest absolute Gasteiger partial charge is 0.267 e. The summed E-state index contributed by atoms with van der Waals surface area (Å²) >= 11 is 0. The quantitative estimate of drug-likeness (QED) is 0.305. The number of amides is 1. The molecular weight excluding hydrogens is 689 g/mol. The van der Waals surface area contributed by atoms with Gasteiger partial charge in [-0.05, 0) is 89.4 Å². The number of nitrogens with zero attached hydrogens (tertiary/aromatic N) is 3. The zero-order valence-electron chi connectivity index (χ0n) is 29.6. The van der Waals surface area contributed by atoms with Crippen molar-refractivity contribution in [3.05, 3.63) is 59.5 Å². The van der Waals surface area contributed by atoms with Gasteiger partial charge in [0.1, 0.15) is 17.2 Å². The number of carbonyl (C=O) groups excluding carboxylic acids is 1. The number of anilines is 1. The largest absolute Gasteiger partial charge is 0.497 e. The fourth-order valence-corrected chi connectivity index (χ4v) is 8.36. The van der Waals surface area contributed by atoms with E-state index in [1.165, 1.54) is 61.5 Å². The number of benzene rings is 2. The van der Waals surface area contributed by atoms with Gasteiger partial charge in [0.25, 0.3) is 15.9 Å². The first-order valence-corrected chi connectivity index (χ1v) is 19.4. The van der Waals surface area contributed by atoms with Crippen LogP contribution in [0, 0.1) is 19.8 Å². The number of methoxy groups -OCH3 is 1. The summed E-state index contributed by atoms with van der Waals surface area (Å²) < 4.78 is 80.2. The Kier molecular flexibility index (Phi) is 12.9. The number of ether oxygens (including phenoxy) is 3. The van der Waals surface area contributed by atoms with Crippen LogP contribution in [0.15, 0.2) is 56.8 Å². The predicted octanol–water partition coefficient (Wildman–Crippen LogP) is 4.22. The van der Waals surface area contributed by atoms with Gasteiger partial charge in [0.15, 0.2) is 10.7 Å². The molecule has 0 fully saturated rings. The normalized spacial score (nSPS) is 20.5. The van der Waals surface area contributed by atoms with Crippen LogP contribution < -0.4 is 14.2 Å². The highest BCUT2D eigenvalue weighted by atomic mass is 32.2. The number of aliphatic hydroxyl groups is 1. The Morgan fingerprint density at radius 3 is 2.42 bits per heavy atom. The molecule has 0 spiro atoms. The van der Waals surface area contributed by atoms with Gasteiger partial charge in [-0.3, -0.25) is 9.52 Å². The average molecular weight is 737 g/mol. The second-order valence-corrected chi connectivity index (χ2v) is 16.4. The summed E-state index contributed by atoms with van der Waals surface area (Å²) in [4.78, 5) is 15.9. The van der Waals surface area contributed by atoms with Gasteiger partial charge in [-0.1, -0.05) is 12.1 Å². The number of nitrogens with one attached hydrogen (secondary N) is 1. The third kappa shape index (κ3) is 9.15. The maximum Gasteiger partial charge on any atom is 0.267 e. The monoisotopic (exact) mass is 736 g/mol. The molecule has 3 aromatic rings. The van der Waals surface area contributed by atoms with Crippen molar-refractivity contribution in [2.45, 2.75) is 81.9 Å². The topological polar surface area (TPSA) is 178 Å². The second-order valence-electron chi connectivity index (χ2n) is 12.7. The molecule has 4 rings (SSSR count). The van der Waals surface area contributed by atoms with Gasteiger partial charge < -0.3 is 28.7 Å². The van der Waals surface area contributed by atoms with Gasteiger partial charge in [0.05, 0.1) is 42.4 Å². The number of aryl methyl sites for hydroxylation is 2. The van der Waals surface area contributed by atoms with E-state index in [0.717, 1.165) is 6.42 Å². The molecule has 1 amide bonds. The first-order chi connectivity index (χ1) is 23.6. The Hall–Kier alpha value is -3.70. The van der Waals surface area contributed by atoms with Crippen molar-refractivity contribution < 1.29 is 45.5 Å². The van der Waals surface area contributed by atoms with Crippen molar-refractivity contribution in [2.75, 3.05) is 45.2 Å². The molecule has 14 nitrogen and oxygen atoms in total. The summed E-state index contributed by atoms with van der Waals surface area (Å²) in [5.41, 5.74) is 0.403. The summed E-state index contributed by atoms with van der Waals surface area (Å²) in [6.45, 7) is 8.56. The summed E-state index contributed by atoms with van der Waals surface area (Å²) in [6.07, 6.45) is 1.16. The molecule has 276 valence electrons. The van der Waals surface area contributed by atoms with E-state index in [0.29, 0.717) is 25.2 Å². The van der Waals surface area contributed by atoms with Crippen molar-refractivity contribution >= 4 is 31.6 Å². The minimum Gasteiger partial charge on any atom is -0.497 e. The third-order valence-corrected chi connectivity index (χ3v) is 12.2. The predicted molar refractivity (Wildman–Crippen MR) is 186 cm³/mol. The zero-order valence-corrected chi connectivity index (χ0v) is 31.2. The Morgan fingerprint density at radius 1 is 1.10 bits per heavy atom. The average Bonchev–Trinajstić information content (AvgIpc) is 3.43. The van der Waals surface area contributed by atoms with Crippen LogP contribution >= 0.6 is 0 Å². The first-order valence-electron chi connectivity index (χ1n) is 16.5. The summed E-state index contributed by atoms with van der Waals surface area (Å²) in [6, 6.07) is 9.95. The maximum atomic E-state index is 14.4. The van der Waals surface area contributed by atoms with Crippen LogP contribution in [0.1, 0.15) is 61.8 Å². The van der Waals surface area contributed by atoms with Crippen LogP contribution in [0.4, 0.5) is 5.69 Å². The number of aliphatic hydroxyl groups excluding tert-OH is 1. The van der Waals surface area contributed by atoms with E-state index in [9.17, 15) is 26.7 Å². The van der Waals surface area contributed by atoms with Crippen LogP contribution in [0.25, 0.3) is 0 Å². The highest BCUT2D eigenvalue weighted by molar-refractivity contribution is 7.92. The minimum atomic E-state index is -4.12. The minimum absolute atomic E-state index is 0.00873. The molecule has 2 N–H and O–H groups in total. The van der Waals surface area contributed by atoms with Crippen LogP contribution in [0.2, 0.25) is 0 Å². The van der Waals surface area contributed by atoms with E-state index in [2.05, 4.69) is 9.88 Å². The second kappa shape index (κ2) is 16.5. The Balaban J connectivity index is 1.68. The highest BCUT2D eigenvalue weighted by Crippen LogP contribution is 2.31. The lowest BCUT2D eigenvalue weighted by atomic mass is 10.0. The van der Waals surface area contributed by atoms with E-state index in [4.69, 9.17) is 18.7 Å². The fourth-order valence-electron chi connectivity index (χ4n) is 5.79. The standard InChI is InChI=1S/C34H48N4O10S2/c1-22-19-38(23(2)21-39)34(40)30-18-27(36-49(41,42)33-25(4)35-48-26(33)5)11-16-31(30)47-24(3)10-8-9-17-46-32(22)20-37(6)50(43,44)29-14-12-28(45-7)13-15-29/h11-16,18,22-24,32,36,39H,8-10,17,19-21H2,1-7H3/t22-,23-,24+,32+/m1/s1. The summed E-state index contributed by atoms with van der Waals surface area (Å²) in [7, 11) is -5.02. The Labute approximate surface area is 294 Å². The number of likely N-dealkylation sites (N-methyl/N-ethyl adjacent to an activating group) is 1. The molecule has 2 heterocycles. The van der Waals surface area contributed by atoms with Crippen molar-refractivity contribution in [2.24, 2.45) is 5.92 Å². The zero-order chi connectivity index (χ0) is 36.8. The first kappa shape index (κ1) is 39.1. The summed E-state index contributed by atoms with van der Waals surface area (Å²) in [5, 5.41) is 14.0. The van der Waals surface area contributed by atoms with Crippen LogP contribution in [0.5, 0.6) is 11.5 Å². The maximum absolute atomic E-state index is 14.4. The number of carbonyl (C=O) groups is 1. The molecule has 0 saturated carbocycles. The number of aromatic nitrogens is 1. The molecule has 0 bridgehead atoms. The lowest BCUT2D eigenvalue weighted by Gasteiger charge is -2.35. The Bertz CT molecular complexity index is 1810. The number of hydrogen-bond acceptors (Lipinski definition) is 11. The molecule has 16 heteroatoms. The van der Waals surface area contributed by atoms with E-state index in [1.54, 1.807) is 25.1 Å². The van der Waals surface area contributed by atoms with Gasteiger partial charge in [-0.2, -0.15) is 4.31 Å². The lowest BCUT2D eigenvalue weighted by molar-refractivity contribution is -0.00834. The van der Waals surface area contributed by atoms with Crippen LogP contribution in [0.3, 0.4) is 0 Å². The van der Waals surface area contributed by atoms with Gasteiger partial charge in [0, 0.05) is 38.3 Å². The number of hydrogen-bond donors (Lipinski definition) is 2. The van der Waals surface area contributed by atoms with Crippen molar-refractivity contribution in [1.82, 2.24) is 14.4 Å². The fraction of sp³-hybridized carbons (Fsp3) is 0.529. The Morgan fingerprint density at radius 2 is 1.80 bits per heavy atom. The summed E-state index contributed by atoms with van der Waals surface area (Å²) in [5.74, 6) is 0.0185. The highest BCUT2D eigenvalue weighted by Gasteiger charge is 2.33. The van der Waals surface area contributed by atoms with E-state index in [1.807, 2.05) is 13.8 Å². The SMILES string of the molecule is COc1ccc(S(=O)(=O)N(C)C[C@@H]2OCCCC[C@H](C)Oc3ccc(NS(=O)(=O)c4c(C)noc4C)cc3C(=O)N([C@H](C)CO)C[C@H]2C)cc1. The molecule has 0 radical (unpaired) electrons. The molecule has 50 heavy (non-hydrogen) atoms. The van der Waals surface area contributed by atoms with Gasteiger partial charge in [0.2, 0.25) is 10.0 Å². The lowest BCUT2D eigenvalue weighted by Crippen LogP contribution is -2.48. The molecular formula is C34H48N4O10S2. The van der Waals surface area contributed by atoms with Crippen molar-refractivity contribution in [3.8, 4) is 11.5 Å². The molecule has 0 unspecified atom stereocenters. The van der Waals surface area contributed by atoms with Crippen molar-refractivity contribution in [1.29, 1.82) is 0 Å². The van der Waals surface area contributed by atoms with Crippen LogP contribution in [-0.4, -0.2) is 101 Å². The molecule has 1 aliphatic heterocycles. The van der Waals surface area contributed by atoms with Crippen LogP contribution in [-0.2, 0) is 24.8 Å². The van der Waals surface area contributed by atoms with Crippen molar-refractivity contribution in [3.63, 3.8) is 0 Å².